The quantitative estimate of drug-likeness (QED) is 0.729. The summed E-state index contributed by atoms with van der Waals surface area (Å²) in [7, 11) is 1.33. The minimum absolute atomic E-state index is 0.0941. The zero-order chi connectivity index (χ0) is 17.9. The Morgan fingerprint density at radius 1 is 1.46 bits per heavy atom. The first-order valence-electron chi connectivity index (χ1n) is 7.70. The van der Waals surface area contributed by atoms with Gasteiger partial charge in [-0.15, -0.1) is 6.58 Å². The average molecular weight is 335 g/mol. The lowest BCUT2D eigenvalue weighted by molar-refractivity contribution is -0.154. The number of aromatic nitrogens is 2. The first-order valence-corrected chi connectivity index (χ1v) is 7.70. The molecule has 0 aliphatic carbocycles. The molecule has 0 spiro atoms. The summed E-state index contributed by atoms with van der Waals surface area (Å²) in [6, 6.07) is 0. The molecule has 2 N–H and O–H groups in total. The average Bonchev–Trinajstić information content (AvgIpc) is 2.55. The van der Waals surface area contributed by atoms with Gasteiger partial charge >= 0.3 is 11.7 Å². The van der Waals surface area contributed by atoms with E-state index < -0.39 is 22.6 Å². The molecule has 24 heavy (non-hydrogen) atoms. The summed E-state index contributed by atoms with van der Waals surface area (Å²) in [5.41, 5.74) is -1.92. The van der Waals surface area contributed by atoms with Gasteiger partial charge in [0.15, 0.2) is 0 Å². The Morgan fingerprint density at radius 2 is 2.17 bits per heavy atom. The lowest BCUT2D eigenvalue weighted by Gasteiger charge is -2.39. The van der Waals surface area contributed by atoms with Gasteiger partial charge in [0, 0.05) is 31.9 Å². The predicted molar refractivity (Wildman–Crippen MR) is 86.7 cm³/mol. The zero-order valence-electron chi connectivity index (χ0n) is 13.6. The van der Waals surface area contributed by atoms with E-state index in [1.807, 2.05) is 0 Å². The van der Waals surface area contributed by atoms with Crippen molar-refractivity contribution in [1.82, 2.24) is 14.5 Å². The molecule has 1 aromatic heterocycles. The summed E-state index contributed by atoms with van der Waals surface area (Å²) in [4.78, 5) is 51.4. The number of nitrogens with one attached hydrogen (secondary N) is 1. The molecular weight excluding hydrogens is 314 g/mol. The lowest BCUT2D eigenvalue weighted by Crippen LogP contribution is -2.50. The molecule has 8 heteroatoms. The molecule has 0 aromatic carbocycles. The van der Waals surface area contributed by atoms with Crippen LogP contribution in [0.1, 0.15) is 24.8 Å². The van der Waals surface area contributed by atoms with Crippen LogP contribution in [-0.2, 0) is 23.1 Å². The Morgan fingerprint density at radius 3 is 2.79 bits per heavy atom. The summed E-state index contributed by atoms with van der Waals surface area (Å²) in [6.07, 6.45) is 3.97. The van der Waals surface area contributed by atoms with Crippen LogP contribution in [0.25, 0.3) is 0 Å². The highest BCUT2D eigenvalue weighted by Gasteiger charge is 2.42. The molecule has 1 aromatic rings. The number of amides is 1. The number of nitrogens with zero attached hydrogens (tertiary/aromatic N) is 2. The minimum atomic E-state index is -1.02. The maximum Gasteiger partial charge on any atom is 0.328 e. The van der Waals surface area contributed by atoms with Crippen LogP contribution in [0.3, 0.4) is 0 Å². The second-order valence-electron chi connectivity index (χ2n) is 6.16. The molecule has 0 bridgehead atoms. The fourth-order valence-electron chi connectivity index (χ4n) is 3.07. The third-order valence-electron chi connectivity index (χ3n) is 4.51. The second kappa shape index (κ2) is 6.86. The number of allylic oxidation sites excluding steroid dienone is 1. The van der Waals surface area contributed by atoms with Crippen LogP contribution < -0.4 is 11.2 Å². The van der Waals surface area contributed by atoms with Gasteiger partial charge in [-0.1, -0.05) is 6.08 Å². The van der Waals surface area contributed by atoms with E-state index in [0.717, 1.165) is 4.57 Å². The van der Waals surface area contributed by atoms with Crippen molar-refractivity contribution in [3.63, 3.8) is 0 Å². The Kier molecular flexibility index (Phi) is 5.06. The molecule has 1 fully saturated rings. The number of piperidine rings is 1. The third-order valence-corrected chi connectivity index (χ3v) is 4.51. The summed E-state index contributed by atoms with van der Waals surface area (Å²) in [5.74, 6) is -1.27. The molecular formula is C16H21N3O5. The molecule has 1 aliphatic rings. The van der Waals surface area contributed by atoms with Gasteiger partial charge in [0.25, 0.3) is 5.56 Å². The van der Waals surface area contributed by atoms with Crippen LogP contribution in [0.5, 0.6) is 0 Å². The van der Waals surface area contributed by atoms with E-state index in [4.69, 9.17) is 0 Å². The van der Waals surface area contributed by atoms with Crippen LogP contribution in [0.4, 0.5) is 0 Å². The fraction of sp³-hybridized carbons (Fsp3) is 0.500. The monoisotopic (exact) mass is 335 g/mol. The SMILES string of the molecule is C=CC[C@]1(C(=O)O)CCCN(C(=O)Cc2c[nH]c(=O)n(C)c2=O)C1. The van der Waals surface area contributed by atoms with Crippen LogP contribution >= 0.6 is 0 Å². The molecule has 1 aliphatic heterocycles. The highest BCUT2D eigenvalue weighted by molar-refractivity contribution is 5.81. The van der Waals surface area contributed by atoms with Gasteiger partial charge in [-0.3, -0.25) is 19.0 Å². The van der Waals surface area contributed by atoms with Crippen molar-refractivity contribution in [2.75, 3.05) is 13.1 Å². The highest BCUT2D eigenvalue weighted by atomic mass is 16.4. The summed E-state index contributed by atoms with van der Waals surface area (Å²) in [6.45, 7) is 4.15. The number of carbonyl (C=O) groups excluding carboxylic acids is 1. The number of hydrogen-bond acceptors (Lipinski definition) is 4. The number of carboxylic acids is 1. The van der Waals surface area contributed by atoms with Gasteiger partial charge in [0.05, 0.1) is 11.8 Å². The van der Waals surface area contributed by atoms with Gasteiger partial charge in [0.2, 0.25) is 5.91 Å². The van der Waals surface area contributed by atoms with Gasteiger partial charge in [-0.25, -0.2) is 4.79 Å². The van der Waals surface area contributed by atoms with Crippen molar-refractivity contribution in [2.24, 2.45) is 12.5 Å². The molecule has 1 amide bonds. The maximum absolute atomic E-state index is 12.5. The molecule has 130 valence electrons. The van der Waals surface area contributed by atoms with Crippen molar-refractivity contribution >= 4 is 11.9 Å². The third kappa shape index (κ3) is 3.32. The standard InChI is InChI=1S/C16H21N3O5/c1-3-5-16(14(22)23)6-4-7-19(10-16)12(20)8-11-9-17-15(24)18(2)13(11)21/h3,9H,1,4-8,10H2,2H3,(H,17,24)(H,22,23)/t16-/m0/s1. The van der Waals surface area contributed by atoms with Gasteiger partial charge in [0.1, 0.15) is 0 Å². The van der Waals surface area contributed by atoms with E-state index in [-0.39, 0.29) is 30.9 Å². The minimum Gasteiger partial charge on any atom is -0.481 e. The van der Waals surface area contributed by atoms with E-state index in [9.17, 15) is 24.3 Å². The molecule has 2 heterocycles. The van der Waals surface area contributed by atoms with Crippen molar-refractivity contribution in [3.05, 3.63) is 45.3 Å². The number of hydrogen-bond donors (Lipinski definition) is 2. The van der Waals surface area contributed by atoms with E-state index in [1.165, 1.54) is 18.1 Å². The topological polar surface area (TPSA) is 112 Å². The van der Waals surface area contributed by atoms with Crippen molar-refractivity contribution in [1.29, 1.82) is 0 Å². The molecule has 1 saturated heterocycles. The Bertz CT molecular complexity index is 779. The molecule has 0 saturated carbocycles. The molecule has 2 rings (SSSR count). The Labute approximate surface area is 138 Å². The summed E-state index contributed by atoms with van der Waals surface area (Å²) < 4.78 is 0.901. The van der Waals surface area contributed by atoms with Crippen molar-refractivity contribution < 1.29 is 14.7 Å². The van der Waals surface area contributed by atoms with Crippen LogP contribution in [0.2, 0.25) is 0 Å². The fourth-order valence-corrected chi connectivity index (χ4v) is 3.07. The van der Waals surface area contributed by atoms with Gasteiger partial charge < -0.3 is 15.0 Å². The number of H-pyrrole nitrogens is 1. The van der Waals surface area contributed by atoms with Crippen molar-refractivity contribution in [2.45, 2.75) is 25.7 Å². The highest BCUT2D eigenvalue weighted by Crippen LogP contribution is 2.34. The first kappa shape index (κ1) is 17.7. The van der Waals surface area contributed by atoms with E-state index in [0.29, 0.717) is 19.4 Å². The zero-order valence-corrected chi connectivity index (χ0v) is 13.6. The van der Waals surface area contributed by atoms with E-state index in [2.05, 4.69) is 11.6 Å². The Hall–Kier alpha value is -2.64. The van der Waals surface area contributed by atoms with Crippen LogP contribution in [-0.4, -0.2) is 44.5 Å². The molecule has 0 unspecified atom stereocenters. The number of carboxylic acid groups (broad SMARTS) is 1. The Balaban J connectivity index is 2.19. The van der Waals surface area contributed by atoms with E-state index in [1.54, 1.807) is 6.08 Å². The van der Waals surface area contributed by atoms with Gasteiger partial charge in [-0.2, -0.15) is 0 Å². The maximum atomic E-state index is 12.5. The number of rotatable bonds is 5. The summed E-state index contributed by atoms with van der Waals surface area (Å²) >= 11 is 0. The smallest absolute Gasteiger partial charge is 0.328 e. The molecule has 0 radical (unpaired) electrons. The van der Waals surface area contributed by atoms with Gasteiger partial charge in [-0.05, 0) is 19.3 Å². The number of carbonyl (C=O) groups is 2. The predicted octanol–water partition coefficient (Wildman–Crippen LogP) is -0.114. The number of likely N-dealkylation sites (tertiary alicyclic amines) is 1. The van der Waals surface area contributed by atoms with E-state index >= 15 is 0 Å². The van der Waals surface area contributed by atoms with Crippen LogP contribution in [0, 0.1) is 5.41 Å². The molecule has 1 atom stereocenters. The van der Waals surface area contributed by atoms with Crippen LogP contribution in [0.15, 0.2) is 28.4 Å². The first-order chi connectivity index (χ1) is 11.3. The number of aromatic amines is 1. The normalized spacial score (nSPS) is 20.6. The summed E-state index contributed by atoms with van der Waals surface area (Å²) in [5, 5.41) is 9.54. The number of aliphatic carboxylic acids is 1. The molecule has 8 nitrogen and oxygen atoms in total. The van der Waals surface area contributed by atoms with Crippen molar-refractivity contribution in [3.8, 4) is 0 Å². The second-order valence-corrected chi connectivity index (χ2v) is 6.16. The lowest BCUT2D eigenvalue weighted by atomic mass is 9.77. The largest absolute Gasteiger partial charge is 0.481 e.